The molecule has 6 nitrogen and oxygen atoms in total. The average Bonchev–Trinajstić information content (AvgIpc) is 2.65. The molecule has 0 unspecified atom stereocenters. The van der Waals surface area contributed by atoms with E-state index in [2.05, 4.69) is 14.2 Å². The number of sulfonamides is 1. The number of hydrogen-bond donors (Lipinski definition) is 1. The van der Waals surface area contributed by atoms with Crippen LogP contribution in [0.25, 0.3) is 0 Å². The molecule has 29 heavy (non-hydrogen) atoms. The molecule has 0 amide bonds. The zero-order chi connectivity index (χ0) is 21.7. The first kappa shape index (κ1) is 22.9. The lowest BCUT2D eigenvalue weighted by Crippen LogP contribution is -2.24. The van der Waals surface area contributed by atoms with Gasteiger partial charge in [-0.15, -0.1) is 0 Å². The second kappa shape index (κ2) is 9.38. The van der Waals surface area contributed by atoms with Gasteiger partial charge < -0.3 is 9.47 Å². The molecule has 0 aliphatic heterocycles. The minimum Gasteiger partial charge on any atom is -0.465 e. The number of hydrogen-bond acceptors (Lipinski definition) is 5. The standard InChI is InChI=1S/C19H20F3NO5S/c1-13-9-16(18(24)27-2)7-8-17(13)29(25,26)23-10-14-3-5-15(6-4-14)11-28-12-19(20,21)22/h3-9,23H,10-12H2,1-2H3. The van der Waals surface area contributed by atoms with Crippen molar-refractivity contribution >= 4 is 16.0 Å². The molecule has 0 fully saturated rings. The van der Waals surface area contributed by atoms with Crippen molar-refractivity contribution in [1.82, 2.24) is 4.72 Å². The van der Waals surface area contributed by atoms with E-state index in [-0.39, 0.29) is 23.6 Å². The molecule has 0 bridgehead atoms. The lowest BCUT2D eigenvalue weighted by molar-refractivity contribution is -0.176. The van der Waals surface area contributed by atoms with Gasteiger partial charge in [-0.1, -0.05) is 24.3 Å². The summed E-state index contributed by atoms with van der Waals surface area (Å²) in [5.74, 6) is -0.565. The van der Waals surface area contributed by atoms with Crippen LogP contribution < -0.4 is 4.72 Å². The lowest BCUT2D eigenvalue weighted by atomic mass is 10.1. The summed E-state index contributed by atoms with van der Waals surface area (Å²) in [6, 6.07) is 10.4. The highest BCUT2D eigenvalue weighted by molar-refractivity contribution is 7.89. The van der Waals surface area contributed by atoms with Gasteiger partial charge in [-0.25, -0.2) is 17.9 Å². The molecule has 2 rings (SSSR count). The minimum absolute atomic E-state index is 0.00971. The SMILES string of the molecule is COC(=O)c1ccc(S(=O)(=O)NCc2ccc(COCC(F)(F)F)cc2)c(C)c1. The van der Waals surface area contributed by atoms with E-state index in [1.165, 1.54) is 25.3 Å². The number of carbonyl (C=O) groups is 1. The second-order valence-corrected chi connectivity index (χ2v) is 7.96. The maximum atomic E-state index is 12.5. The number of rotatable bonds is 8. The second-order valence-electron chi connectivity index (χ2n) is 6.22. The van der Waals surface area contributed by atoms with Gasteiger partial charge in [0.05, 0.1) is 24.2 Å². The summed E-state index contributed by atoms with van der Waals surface area (Å²) in [5, 5.41) is 0. The van der Waals surface area contributed by atoms with Crippen molar-refractivity contribution < 1.29 is 35.9 Å². The molecule has 0 heterocycles. The van der Waals surface area contributed by atoms with Gasteiger partial charge in [0.25, 0.3) is 0 Å². The molecule has 0 aliphatic carbocycles. The Morgan fingerprint density at radius 1 is 1.07 bits per heavy atom. The number of alkyl halides is 3. The molecule has 2 aromatic carbocycles. The van der Waals surface area contributed by atoms with E-state index in [4.69, 9.17) is 0 Å². The van der Waals surface area contributed by atoms with E-state index < -0.39 is 28.8 Å². The summed E-state index contributed by atoms with van der Waals surface area (Å²) >= 11 is 0. The third kappa shape index (κ3) is 6.84. The van der Waals surface area contributed by atoms with Crippen molar-refractivity contribution in [2.45, 2.75) is 31.1 Å². The van der Waals surface area contributed by atoms with Crippen LogP contribution in [0.2, 0.25) is 0 Å². The number of methoxy groups -OCH3 is 1. The van der Waals surface area contributed by atoms with Gasteiger partial charge in [-0.3, -0.25) is 0 Å². The van der Waals surface area contributed by atoms with Gasteiger partial charge in [0.2, 0.25) is 10.0 Å². The summed E-state index contributed by atoms with van der Waals surface area (Å²) in [6.45, 7) is 0.0287. The van der Waals surface area contributed by atoms with Crippen LogP contribution in [0.3, 0.4) is 0 Å². The molecule has 0 atom stereocenters. The van der Waals surface area contributed by atoms with Crippen LogP contribution >= 0.6 is 0 Å². The molecule has 1 N–H and O–H groups in total. The zero-order valence-electron chi connectivity index (χ0n) is 15.7. The highest BCUT2D eigenvalue weighted by atomic mass is 32.2. The van der Waals surface area contributed by atoms with E-state index >= 15 is 0 Å². The monoisotopic (exact) mass is 431 g/mol. The Morgan fingerprint density at radius 2 is 1.69 bits per heavy atom. The molecule has 0 aromatic heterocycles. The first-order chi connectivity index (χ1) is 13.5. The van der Waals surface area contributed by atoms with E-state index in [1.54, 1.807) is 31.2 Å². The van der Waals surface area contributed by atoms with Crippen LogP contribution in [0.4, 0.5) is 13.2 Å². The smallest absolute Gasteiger partial charge is 0.411 e. The first-order valence-corrected chi connectivity index (χ1v) is 9.91. The quantitative estimate of drug-likeness (QED) is 0.649. The van der Waals surface area contributed by atoms with Gasteiger partial charge in [0.1, 0.15) is 6.61 Å². The van der Waals surface area contributed by atoms with Crippen molar-refractivity contribution in [3.63, 3.8) is 0 Å². The summed E-state index contributed by atoms with van der Waals surface area (Å²) in [4.78, 5) is 11.6. The number of benzene rings is 2. The molecular formula is C19H20F3NO5S. The molecule has 0 saturated carbocycles. The summed E-state index contributed by atoms with van der Waals surface area (Å²) in [6.07, 6.45) is -4.38. The fourth-order valence-electron chi connectivity index (χ4n) is 2.49. The Kier molecular flexibility index (Phi) is 7.39. The van der Waals surface area contributed by atoms with Crippen molar-refractivity contribution in [3.05, 3.63) is 64.7 Å². The van der Waals surface area contributed by atoms with Gasteiger partial charge in [-0.2, -0.15) is 13.2 Å². The minimum atomic E-state index is -4.38. The van der Waals surface area contributed by atoms with Crippen LogP contribution in [0.5, 0.6) is 0 Å². The van der Waals surface area contributed by atoms with Gasteiger partial charge in [-0.05, 0) is 41.8 Å². The topological polar surface area (TPSA) is 81.7 Å². The highest BCUT2D eigenvalue weighted by Gasteiger charge is 2.27. The largest absolute Gasteiger partial charge is 0.465 e. The van der Waals surface area contributed by atoms with E-state index in [1.807, 2.05) is 0 Å². The lowest BCUT2D eigenvalue weighted by Gasteiger charge is -2.11. The van der Waals surface area contributed by atoms with Crippen LogP contribution in [0, 0.1) is 6.92 Å². The fraction of sp³-hybridized carbons (Fsp3) is 0.316. The van der Waals surface area contributed by atoms with Gasteiger partial charge in [0.15, 0.2) is 0 Å². The van der Waals surface area contributed by atoms with Gasteiger partial charge in [0, 0.05) is 6.54 Å². The molecule has 0 saturated heterocycles. The predicted octanol–water partition coefficient (Wildman–Crippen LogP) is 3.34. The molecule has 2 aromatic rings. The number of esters is 1. The Bertz CT molecular complexity index is 957. The third-order valence-corrected chi connectivity index (χ3v) is 5.47. The Labute approximate surface area is 166 Å². The first-order valence-electron chi connectivity index (χ1n) is 8.43. The van der Waals surface area contributed by atoms with E-state index in [9.17, 15) is 26.4 Å². The van der Waals surface area contributed by atoms with Crippen molar-refractivity contribution in [2.24, 2.45) is 0 Å². The molecular weight excluding hydrogens is 411 g/mol. The zero-order valence-corrected chi connectivity index (χ0v) is 16.6. The maximum Gasteiger partial charge on any atom is 0.411 e. The average molecular weight is 431 g/mol. The van der Waals surface area contributed by atoms with Crippen LogP contribution in [0.15, 0.2) is 47.4 Å². The van der Waals surface area contributed by atoms with Crippen molar-refractivity contribution in [2.75, 3.05) is 13.7 Å². The number of ether oxygens (including phenoxy) is 2. The summed E-state index contributed by atoms with van der Waals surface area (Å²) < 4.78 is 72.9. The third-order valence-electron chi connectivity index (χ3n) is 3.91. The normalized spacial score (nSPS) is 12.0. The Balaban J connectivity index is 1.99. The van der Waals surface area contributed by atoms with Crippen LogP contribution in [-0.2, 0) is 32.6 Å². The van der Waals surface area contributed by atoms with Gasteiger partial charge >= 0.3 is 12.1 Å². The molecule has 0 radical (unpaired) electrons. The Hall–Kier alpha value is -2.43. The summed E-state index contributed by atoms with van der Waals surface area (Å²) in [5.41, 5.74) is 1.79. The van der Waals surface area contributed by atoms with E-state index in [0.29, 0.717) is 16.7 Å². The van der Waals surface area contributed by atoms with E-state index in [0.717, 1.165) is 0 Å². The molecule has 10 heteroatoms. The van der Waals surface area contributed by atoms with Crippen LogP contribution in [-0.4, -0.2) is 34.3 Å². The Morgan fingerprint density at radius 3 is 2.24 bits per heavy atom. The number of aryl methyl sites for hydroxylation is 1. The van der Waals surface area contributed by atoms with Crippen LogP contribution in [0.1, 0.15) is 27.0 Å². The number of nitrogens with one attached hydrogen (secondary N) is 1. The molecule has 158 valence electrons. The highest BCUT2D eigenvalue weighted by Crippen LogP contribution is 2.18. The molecule has 0 spiro atoms. The van der Waals surface area contributed by atoms with Crippen molar-refractivity contribution in [3.8, 4) is 0 Å². The predicted molar refractivity (Wildman–Crippen MR) is 98.7 cm³/mol. The molecule has 0 aliphatic rings. The summed E-state index contributed by atoms with van der Waals surface area (Å²) in [7, 11) is -2.60. The maximum absolute atomic E-state index is 12.5. The fourth-order valence-corrected chi connectivity index (χ4v) is 3.73. The number of halogens is 3. The van der Waals surface area contributed by atoms with Crippen molar-refractivity contribution in [1.29, 1.82) is 0 Å². The number of carbonyl (C=O) groups excluding carboxylic acids is 1.